The van der Waals surface area contributed by atoms with Crippen molar-refractivity contribution in [2.24, 2.45) is 5.92 Å². The quantitative estimate of drug-likeness (QED) is 0.787. The average molecular weight is 281 g/mol. The zero-order valence-corrected chi connectivity index (χ0v) is 12.5. The molecule has 2 rings (SSSR count). The van der Waals surface area contributed by atoms with E-state index in [0.29, 0.717) is 5.92 Å². The topological polar surface area (TPSA) is 41.5 Å². The number of benzene rings is 1. The Morgan fingerprint density at radius 3 is 2.89 bits per heavy atom. The average Bonchev–Trinajstić information content (AvgIpc) is 2.84. The number of aliphatic hydroxyl groups excluding tert-OH is 1. The highest BCUT2D eigenvalue weighted by molar-refractivity contribution is 7.98. The Labute approximate surface area is 119 Å². The Hall–Kier alpha value is -0.710. The molecule has 1 aromatic carbocycles. The number of methoxy groups -OCH3 is 1. The summed E-state index contributed by atoms with van der Waals surface area (Å²) in [6.07, 6.45) is 5.22. The van der Waals surface area contributed by atoms with Gasteiger partial charge < -0.3 is 15.2 Å². The van der Waals surface area contributed by atoms with Gasteiger partial charge in [-0.3, -0.25) is 0 Å². The minimum absolute atomic E-state index is 0.106. The van der Waals surface area contributed by atoms with Crippen molar-refractivity contribution in [1.29, 1.82) is 0 Å². The second kappa shape index (κ2) is 7.17. The Bertz CT molecular complexity index is 411. The summed E-state index contributed by atoms with van der Waals surface area (Å²) in [5, 5.41) is 13.2. The Balaban J connectivity index is 1.85. The SMILES string of the molecule is COc1ccc(CNCC2CCCC2O)cc1SC. The van der Waals surface area contributed by atoms with E-state index in [2.05, 4.69) is 23.7 Å². The van der Waals surface area contributed by atoms with Crippen LogP contribution in [0.2, 0.25) is 0 Å². The van der Waals surface area contributed by atoms with Crippen molar-refractivity contribution >= 4 is 11.8 Å². The van der Waals surface area contributed by atoms with Gasteiger partial charge in [0.2, 0.25) is 0 Å². The fraction of sp³-hybridized carbons (Fsp3) is 0.600. The van der Waals surface area contributed by atoms with Gasteiger partial charge in [-0.1, -0.05) is 12.5 Å². The fourth-order valence-corrected chi connectivity index (χ4v) is 3.27. The van der Waals surface area contributed by atoms with E-state index in [-0.39, 0.29) is 6.10 Å². The Kier molecular flexibility index (Phi) is 5.55. The number of hydrogen-bond donors (Lipinski definition) is 2. The van der Waals surface area contributed by atoms with Crippen LogP contribution in [0.3, 0.4) is 0 Å². The van der Waals surface area contributed by atoms with E-state index in [1.165, 1.54) is 10.5 Å². The van der Waals surface area contributed by atoms with Crippen LogP contribution in [-0.4, -0.2) is 31.1 Å². The summed E-state index contributed by atoms with van der Waals surface area (Å²) in [5.41, 5.74) is 1.26. The maximum Gasteiger partial charge on any atom is 0.132 e. The number of thioether (sulfide) groups is 1. The van der Waals surface area contributed by atoms with Crippen molar-refractivity contribution in [3.63, 3.8) is 0 Å². The van der Waals surface area contributed by atoms with Crippen molar-refractivity contribution in [2.45, 2.75) is 36.8 Å². The molecule has 0 heterocycles. The zero-order valence-electron chi connectivity index (χ0n) is 11.7. The fourth-order valence-electron chi connectivity index (χ4n) is 2.65. The molecule has 19 heavy (non-hydrogen) atoms. The molecule has 2 atom stereocenters. The lowest BCUT2D eigenvalue weighted by molar-refractivity contribution is 0.131. The van der Waals surface area contributed by atoms with E-state index in [9.17, 15) is 5.11 Å². The first kappa shape index (κ1) is 14.7. The summed E-state index contributed by atoms with van der Waals surface area (Å²) in [4.78, 5) is 1.17. The molecule has 2 N–H and O–H groups in total. The first-order chi connectivity index (χ1) is 9.24. The molecular weight excluding hydrogens is 258 g/mol. The molecule has 0 amide bonds. The standard InChI is InChI=1S/C15H23NO2S/c1-18-14-7-6-11(8-15(14)19-2)9-16-10-12-4-3-5-13(12)17/h6-8,12-13,16-17H,3-5,9-10H2,1-2H3. The van der Waals surface area contributed by atoms with Crippen LogP contribution in [0.1, 0.15) is 24.8 Å². The van der Waals surface area contributed by atoms with Gasteiger partial charge in [0.25, 0.3) is 0 Å². The van der Waals surface area contributed by atoms with Crippen molar-refractivity contribution in [3.8, 4) is 5.75 Å². The lowest BCUT2D eigenvalue weighted by atomic mass is 10.1. The molecule has 0 aliphatic heterocycles. The number of ether oxygens (including phenoxy) is 1. The molecule has 0 spiro atoms. The minimum atomic E-state index is -0.106. The van der Waals surface area contributed by atoms with Gasteiger partial charge in [0.05, 0.1) is 13.2 Å². The molecule has 1 fully saturated rings. The van der Waals surface area contributed by atoms with E-state index in [0.717, 1.165) is 38.1 Å². The third-order valence-electron chi connectivity index (χ3n) is 3.80. The third kappa shape index (κ3) is 3.88. The number of rotatable bonds is 6. The number of nitrogens with one attached hydrogen (secondary N) is 1. The molecule has 0 aromatic heterocycles. The van der Waals surface area contributed by atoms with Crippen LogP contribution in [-0.2, 0) is 6.54 Å². The lowest BCUT2D eigenvalue weighted by Gasteiger charge is -2.15. The summed E-state index contributed by atoms with van der Waals surface area (Å²) in [5.74, 6) is 1.36. The highest BCUT2D eigenvalue weighted by atomic mass is 32.2. The van der Waals surface area contributed by atoms with E-state index >= 15 is 0 Å². The third-order valence-corrected chi connectivity index (χ3v) is 4.56. The molecule has 0 saturated heterocycles. The summed E-state index contributed by atoms with van der Waals surface area (Å²) < 4.78 is 5.32. The normalized spacial score (nSPS) is 22.7. The highest BCUT2D eigenvalue weighted by Gasteiger charge is 2.24. The van der Waals surface area contributed by atoms with E-state index in [1.807, 2.05) is 6.07 Å². The van der Waals surface area contributed by atoms with Crippen molar-refractivity contribution < 1.29 is 9.84 Å². The molecule has 1 saturated carbocycles. The monoisotopic (exact) mass is 281 g/mol. The van der Waals surface area contributed by atoms with Gasteiger partial charge in [0.1, 0.15) is 5.75 Å². The Morgan fingerprint density at radius 2 is 2.26 bits per heavy atom. The van der Waals surface area contributed by atoms with Crippen molar-refractivity contribution in [1.82, 2.24) is 5.32 Å². The molecule has 4 heteroatoms. The molecular formula is C15H23NO2S. The van der Waals surface area contributed by atoms with E-state index in [1.54, 1.807) is 18.9 Å². The predicted molar refractivity (Wildman–Crippen MR) is 79.8 cm³/mol. The maximum absolute atomic E-state index is 9.78. The van der Waals surface area contributed by atoms with Crippen LogP contribution in [0.4, 0.5) is 0 Å². The van der Waals surface area contributed by atoms with Crippen LogP contribution in [0, 0.1) is 5.92 Å². The molecule has 3 nitrogen and oxygen atoms in total. The van der Waals surface area contributed by atoms with Crippen LogP contribution >= 0.6 is 11.8 Å². The number of hydrogen-bond acceptors (Lipinski definition) is 4. The first-order valence-corrected chi connectivity index (χ1v) is 8.06. The summed E-state index contributed by atoms with van der Waals surface area (Å²) in [6.45, 7) is 1.75. The molecule has 0 radical (unpaired) electrons. The highest BCUT2D eigenvalue weighted by Crippen LogP contribution is 2.28. The van der Waals surface area contributed by atoms with Crippen molar-refractivity contribution in [3.05, 3.63) is 23.8 Å². The van der Waals surface area contributed by atoms with Crippen LogP contribution in [0.15, 0.2) is 23.1 Å². The van der Waals surface area contributed by atoms with Crippen molar-refractivity contribution in [2.75, 3.05) is 19.9 Å². The van der Waals surface area contributed by atoms with Gasteiger partial charge in [-0.15, -0.1) is 11.8 Å². The van der Waals surface area contributed by atoms with Gasteiger partial charge in [0.15, 0.2) is 0 Å². The first-order valence-electron chi connectivity index (χ1n) is 6.84. The molecule has 0 bridgehead atoms. The van der Waals surface area contributed by atoms with Gasteiger partial charge >= 0.3 is 0 Å². The zero-order chi connectivity index (χ0) is 13.7. The van der Waals surface area contributed by atoms with Crippen LogP contribution in [0.5, 0.6) is 5.75 Å². The number of aliphatic hydroxyl groups is 1. The largest absolute Gasteiger partial charge is 0.496 e. The van der Waals surface area contributed by atoms with E-state index in [4.69, 9.17) is 4.74 Å². The summed E-state index contributed by atoms with van der Waals surface area (Å²) in [6, 6.07) is 6.28. The van der Waals surface area contributed by atoms with Crippen LogP contribution in [0.25, 0.3) is 0 Å². The van der Waals surface area contributed by atoms with Crippen LogP contribution < -0.4 is 10.1 Å². The van der Waals surface area contributed by atoms with Gasteiger partial charge in [-0.05, 0) is 42.7 Å². The summed E-state index contributed by atoms with van der Waals surface area (Å²) >= 11 is 1.70. The lowest BCUT2D eigenvalue weighted by Crippen LogP contribution is -2.27. The molecule has 2 unspecified atom stereocenters. The maximum atomic E-state index is 9.78. The molecule has 106 valence electrons. The van der Waals surface area contributed by atoms with E-state index < -0.39 is 0 Å². The van der Waals surface area contributed by atoms with Gasteiger partial charge in [-0.25, -0.2) is 0 Å². The van der Waals surface area contributed by atoms with Gasteiger partial charge in [-0.2, -0.15) is 0 Å². The molecule has 1 aliphatic rings. The molecule has 1 aromatic rings. The smallest absolute Gasteiger partial charge is 0.132 e. The minimum Gasteiger partial charge on any atom is -0.496 e. The predicted octanol–water partition coefficient (Wildman–Crippen LogP) is 2.67. The second-order valence-corrected chi connectivity index (χ2v) is 5.93. The Morgan fingerprint density at radius 1 is 1.42 bits per heavy atom. The molecule has 1 aliphatic carbocycles. The van der Waals surface area contributed by atoms with Gasteiger partial charge in [0, 0.05) is 18.0 Å². The second-order valence-electron chi connectivity index (χ2n) is 5.08. The summed E-state index contributed by atoms with van der Waals surface area (Å²) in [7, 11) is 1.70.